The molecule has 0 aliphatic heterocycles. The molecular weight excluding hydrogens is 355 g/mol. The van der Waals surface area contributed by atoms with Crippen molar-refractivity contribution in [3.05, 3.63) is 41.6 Å². The summed E-state index contributed by atoms with van der Waals surface area (Å²) in [7, 11) is 4.05. The Morgan fingerprint density at radius 1 is 1.11 bits per heavy atom. The molecule has 2 N–H and O–H groups in total. The highest BCUT2D eigenvalue weighted by Gasteiger charge is 2.30. The van der Waals surface area contributed by atoms with Crippen LogP contribution in [0.1, 0.15) is 36.4 Å². The van der Waals surface area contributed by atoms with Crippen molar-refractivity contribution in [3.8, 4) is 0 Å². The first-order chi connectivity index (χ1) is 12.8. The Kier molecular flexibility index (Phi) is 5.84. The van der Waals surface area contributed by atoms with Crippen molar-refractivity contribution in [2.24, 2.45) is 0 Å². The first kappa shape index (κ1) is 19.4. The van der Waals surface area contributed by atoms with E-state index < -0.39 is 11.7 Å². The van der Waals surface area contributed by atoms with Gasteiger partial charge in [0.25, 0.3) is 0 Å². The highest BCUT2D eigenvalue weighted by molar-refractivity contribution is 5.58. The molecule has 1 aliphatic rings. The number of nitrogens with zero attached hydrogens (tertiary/aromatic N) is 3. The fraction of sp³-hybridized carbons (Fsp3) is 0.474. The maximum absolute atomic E-state index is 12.7. The Bertz CT molecular complexity index is 755. The van der Waals surface area contributed by atoms with Crippen molar-refractivity contribution in [2.75, 3.05) is 37.8 Å². The molecule has 0 unspecified atom stereocenters. The van der Waals surface area contributed by atoms with Gasteiger partial charge in [0.1, 0.15) is 5.82 Å². The van der Waals surface area contributed by atoms with E-state index in [1.807, 2.05) is 20.2 Å². The predicted octanol–water partition coefficient (Wildman–Crippen LogP) is 4.48. The Labute approximate surface area is 157 Å². The molecule has 1 aliphatic carbocycles. The molecule has 0 amide bonds. The fourth-order valence-electron chi connectivity index (χ4n) is 2.68. The summed E-state index contributed by atoms with van der Waals surface area (Å²) in [5.41, 5.74) is 0.856. The first-order valence-electron chi connectivity index (χ1n) is 9.03. The SMILES string of the molecule is CN(C)CCCNc1nc(Nc2ccc(C(F)(F)F)cc2)cc(C2CC2)n1. The highest BCUT2D eigenvalue weighted by atomic mass is 19.4. The Morgan fingerprint density at radius 2 is 1.81 bits per heavy atom. The molecule has 0 bridgehead atoms. The number of hydrogen-bond acceptors (Lipinski definition) is 5. The van der Waals surface area contributed by atoms with Gasteiger partial charge in [-0.3, -0.25) is 0 Å². The summed E-state index contributed by atoms with van der Waals surface area (Å²) < 4.78 is 38.1. The maximum atomic E-state index is 12.7. The van der Waals surface area contributed by atoms with Crippen LogP contribution in [0.15, 0.2) is 30.3 Å². The number of halogens is 3. The molecule has 0 atom stereocenters. The molecular formula is C19H24F3N5. The van der Waals surface area contributed by atoms with Crippen LogP contribution in [0, 0.1) is 0 Å². The van der Waals surface area contributed by atoms with Crippen molar-refractivity contribution < 1.29 is 13.2 Å². The first-order valence-corrected chi connectivity index (χ1v) is 9.03. The monoisotopic (exact) mass is 379 g/mol. The van der Waals surface area contributed by atoms with Gasteiger partial charge in [-0.2, -0.15) is 18.2 Å². The van der Waals surface area contributed by atoms with E-state index in [1.54, 1.807) is 0 Å². The number of hydrogen-bond donors (Lipinski definition) is 2. The van der Waals surface area contributed by atoms with E-state index >= 15 is 0 Å². The molecule has 146 valence electrons. The molecule has 1 aromatic carbocycles. The lowest BCUT2D eigenvalue weighted by Gasteiger charge is -2.13. The molecule has 1 fully saturated rings. The molecule has 3 rings (SSSR count). The molecule has 1 saturated carbocycles. The van der Waals surface area contributed by atoms with E-state index in [0.29, 0.717) is 23.4 Å². The second kappa shape index (κ2) is 8.12. The second-order valence-corrected chi connectivity index (χ2v) is 7.06. The van der Waals surface area contributed by atoms with Gasteiger partial charge in [-0.25, -0.2) is 4.98 Å². The van der Waals surface area contributed by atoms with E-state index in [9.17, 15) is 13.2 Å². The van der Waals surface area contributed by atoms with Gasteiger partial charge < -0.3 is 15.5 Å². The van der Waals surface area contributed by atoms with Gasteiger partial charge in [0.2, 0.25) is 5.95 Å². The van der Waals surface area contributed by atoms with Crippen LogP contribution in [0.4, 0.5) is 30.6 Å². The van der Waals surface area contributed by atoms with Crippen LogP contribution in [-0.2, 0) is 6.18 Å². The lowest BCUT2D eigenvalue weighted by atomic mass is 10.2. The van der Waals surface area contributed by atoms with Crippen LogP contribution < -0.4 is 10.6 Å². The van der Waals surface area contributed by atoms with Gasteiger partial charge in [0.05, 0.1) is 11.3 Å². The van der Waals surface area contributed by atoms with Crippen molar-refractivity contribution in [2.45, 2.75) is 31.4 Å². The maximum Gasteiger partial charge on any atom is 0.416 e. The van der Waals surface area contributed by atoms with E-state index in [4.69, 9.17) is 0 Å². The summed E-state index contributed by atoms with van der Waals surface area (Å²) in [6.45, 7) is 1.72. The van der Waals surface area contributed by atoms with Crippen molar-refractivity contribution >= 4 is 17.5 Å². The van der Waals surface area contributed by atoms with Crippen LogP contribution >= 0.6 is 0 Å². The van der Waals surface area contributed by atoms with Gasteiger partial charge in [-0.05, 0) is 64.2 Å². The van der Waals surface area contributed by atoms with Gasteiger partial charge in [0.15, 0.2) is 0 Å². The summed E-state index contributed by atoms with van der Waals surface area (Å²) in [6.07, 6.45) is -1.16. The summed E-state index contributed by atoms with van der Waals surface area (Å²) in [5, 5.41) is 6.33. The molecule has 1 heterocycles. The van der Waals surface area contributed by atoms with E-state index in [0.717, 1.165) is 50.2 Å². The Morgan fingerprint density at radius 3 is 2.41 bits per heavy atom. The molecule has 8 heteroatoms. The summed E-state index contributed by atoms with van der Waals surface area (Å²) >= 11 is 0. The van der Waals surface area contributed by atoms with Gasteiger partial charge in [0, 0.05) is 24.2 Å². The number of anilines is 3. The average molecular weight is 379 g/mol. The number of alkyl halides is 3. The number of benzene rings is 1. The minimum Gasteiger partial charge on any atom is -0.354 e. The Hall–Kier alpha value is -2.35. The van der Waals surface area contributed by atoms with Crippen molar-refractivity contribution in [1.29, 1.82) is 0 Å². The Balaban J connectivity index is 1.70. The molecule has 27 heavy (non-hydrogen) atoms. The van der Waals surface area contributed by atoms with Crippen LogP contribution in [0.2, 0.25) is 0 Å². The smallest absolute Gasteiger partial charge is 0.354 e. The lowest BCUT2D eigenvalue weighted by Crippen LogP contribution is -2.17. The van der Waals surface area contributed by atoms with Crippen LogP contribution in [0.25, 0.3) is 0 Å². The van der Waals surface area contributed by atoms with E-state index in [2.05, 4.69) is 25.5 Å². The zero-order valence-electron chi connectivity index (χ0n) is 15.5. The second-order valence-electron chi connectivity index (χ2n) is 7.06. The molecule has 2 aromatic rings. The van der Waals surface area contributed by atoms with Gasteiger partial charge in [-0.15, -0.1) is 0 Å². The third-order valence-electron chi connectivity index (χ3n) is 4.29. The quantitative estimate of drug-likeness (QED) is 0.663. The van der Waals surface area contributed by atoms with Crippen molar-refractivity contribution in [1.82, 2.24) is 14.9 Å². The largest absolute Gasteiger partial charge is 0.416 e. The summed E-state index contributed by atoms with van der Waals surface area (Å²) in [5.74, 6) is 1.58. The minimum atomic E-state index is -4.34. The fourth-order valence-corrected chi connectivity index (χ4v) is 2.68. The van der Waals surface area contributed by atoms with Crippen LogP contribution in [0.3, 0.4) is 0 Å². The minimum absolute atomic E-state index is 0.448. The summed E-state index contributed by atoms with van der Waals surface area (Å²) in [6, 6.07) is 6.82. The standard InChI is InChI=1S/C19H24F3N5/c1-27(2)11-3-10-23-18-25-16(13-4-5-13)12-17(26-18)24-15-8-6-14(7-9-15)19(20,21)22/h6-9,12-13H,3-5,10-11H2,1-2H3,(H2,23,24,25,26). The van der Waals surface area contributed by atoms with Gasteiger partial charge in [-0.1, -0.05) is 0 Å². The number of nitrogens with one attached hydrogen (secondary N) is 2. The zero-order valence-corrected chi connectivity index (χ0v) is 15.5. The van der Waals surface area contributed by atoms with Crippen molar-refractivity contribution in [3.63, 3.8) is 0 Å². The molecule has 5 nitrogen and oxygen atoms in total. The molecule has 0 saturated heterocycles. The number of aromatic nitrogens is 2. The highest BCUT2D eigenvalue weighted by Crippen LogP contribution is 2.40. The molecule has 1 aromatic heterocycles. The molecule has 0 radical (unpaired) electrons. The van der Waals surface area contributed by atoms with Crippen LogP contribution in [-0.4, -0.2) is 42.1 Å². The normalized spacial score (nSPS) is 14.4. The third-order valence-corrected chi connectivity index (χ3v) is 4.29. The number of rotatable bonds is 8. The predicted molar refractivity (Wildman–Crippen MR) is 100 cm³/mol. The lowest BCUT2D eigenvalue weighted by molar-refractivity contribution is -0.137. The molecule has 0 spiro atoms. The average Bonchev–Trinajstić information content (AvgIpc) is 3.43. The van der Waals surface area contributed by atoms with E-state index in [1.165, 1.54) is 12.1 Å². The van der Waals surface area contributed by atoms with Gasteiger partial charge >= 0.3 is 6.18 Å². The summed E-state index contributed by atoms with van der Waals surface area (Å²) in [4.78, 5) is 11.1. The topological polar surface area (TPSA) is 53.1 Å². The van der Waals surface area contributed by atoms with E-state index in [-0.39, 0.29) is 0 Å². The van der Waals surface area contributed by atoms with Crippen LogP contribution in [0.5, 0.6) is 0 Å². The third kappa shape index (κ3) is 5.82. The zero-order chi connectivity index (χ0) is 19.4.